The van der Waals surface area contributed by atoms with Gasteiger partial charge in [-0.2, -0.15) is 14.5 Å². The Hall–Kier alpha value is -4.14. The van der Waals surface area contributed by atoms with Crippen LogP contribution in [0, 0.1) is 11.6 Å². The van der Waals surface area contributed by atoms with E-state index in [4.69, 9.17) is 0 Å². The smallest absolute Gasteiger partial charge is 0.406 e. The van der Waals surface area contributed by atoms with Gasteiger partial charge in [0.15, 0.2) is 0 Å². The minimum atomic E-state index is -4.89. The van der Waals surface area contributed by atoms with Crippen molar-refractivity contribution in [2.45, 2.75) is 31.5 Å². The highest BCUT2D eigenvalue weighted by Gasteiger charge is 2.42. The van der Waals surface area contributed by atoms with Gasteiger partial charge < -0.3 is 9.84 Å². The van der Waals surface area contributed by atoms with Gasteiger partial charge in [0.25, 0.3) is 0 Å². The molecule has 4 aromatic rings. The van der Waals surface area contributed by atoms with Crippen LogP contribution in [0.3, 0.4) is 0 Å². The monoisotopic (exact) mass is 497 g/mol. The molecule has 0 aliphatic rings. The van der Waals surface area contributed by atoms with Crippen LogP contribution in [-0.2, 0) is 12.1 Å². The number of hydrogen-bond acceptors (Lipinski definition) is 7. The standard InChI is InChI=1S/C20H16F5N7O3/c1-12(19(34,9-30-11-26-10-27-30)16-7-2-13(21)8-17(16)22)31-18(33)32(29-28-31)14-3-5-15(6-4-14)35-20(23,24)25/h2-8,10-12,34H,9H2,1H3/t12-,19-/m1/s1. The fraction of sp³-hybridized carbons (Fsp3) is 0.250. The molecule has 0 bridgehead atoms. The summed E-state index contributed by atoms with van der Waals surface area (Å²) in [5.41, 5.74) is -3.35. The van der Waals surface area contributed by atoms with E-state index in [2.05, 4.69) is 25.2 Å². The van der Waals surface area contributed by atoms with E-state index in [0.29, 0.717) is 6.07 Å². The van der Waals surface area contributed by atoms with Gasteiger partial charge in [-0.05, 0) is 47.7 Å². The van der Waals surface area contributed by atoms with Crippen LogP contribution in [0.25, 0.3) is 5.69 Å². The Balaban J connectivity index is 1.72. The zero-order valence-electron chi connectivity index (χ0n) is 17.8. The second-order valence-electron chi connectivity index (χ2n) is 7.48. The summed E-state index contributed by atoms with van der Waals surface area (Å²) in [6.45, 7) is 0.972. The lowest BCUT2D eigenvalue weighted by Crippen LogP contribution is -2.44. The molecule has 0 aliphatic heterocycles. The molecule has 2 heterocycles. The molecule has 0 unspecified atom stereocenters. The molecule has 1 N–H and O–H groups in total. The topological polar surface area (TPSA) is 113 Å². The average molecular weight is 497 g/mol. The lowest BCUT2D eigenvalue weighted by Gasteiger charge is -2.33. The Morgan fingerprint density at radius 1 is 1.09 bits per heavy atom. The molecule has 0 radical (unpaired) electrons. The highest BCUT2D eigenvalue weighted by atomic mass is 19.4. The normalized spacial score (nSPS) is 14.5. The molecule has 184 valence electrons. The van der Waals surface area contributed by atoms with Gasteiger partial charge in [-0.15, -0.1) is 13.2 Å². The van der Waals surface area contributed by atoms with Gasteiger partial charge in [0.1, 0.15) is 35.6 Å². The molecule has 15 heteroatoms. The molecule has 0 aliphatic carbocycles. The Morgan fingerprint density at radius 2 is 1.80 bits per heavy atom. The third-order valence-electron chi connectivity index (χ3n) is 5.24. The molecule has 0 amide bonds. The van der Waals surface area contributed by atoms with Crippen molar-refractivity contribution in [3.63, 3.8) is 0 Å². The molecule has 0 fully saturated rings. The van der Waals surface area contributed by atoms with E-state index < -0.39 is 41.1 Å². The predicted octanol–water partition coefficient (Wildman–Crippen LogP) is 2.35. The lowest BCUT2D eigenvalue weighted by molar-refractivity contribution is -0.274. The average Bonchev–Trinajstić information content (AvgIpc) is 3.42. The molecule has 0 saturated carbocycles. The van der Waals surface area contributed by atoms with Crippen LogP contribution in [0.4, 0.5) is 22.0 Å². The van der Waals surface area contributed by atoms with Gasteiger partial charge >= 0.3 is 12.1 Å². The number of hydrogen-bond donors (Lipinski definition) is 1. The van der Waals surface area contributed by atoms with Crippen molar-refractivity contribution < 1.29 is 31.8 Å². The number of ether oxygens (including phenoxy) is 1. The fourth-order valence-electron chi connectivity index (χ4n) is 3.50. The number of tetrazole rings is 1. The van der Waals surface area contributed by atoms with Gasteiger partial charge in [-0.25, -0.2) is 23.2 Å². The highest BCUT2D eigenvalue weighted by molar-refractivity contribution is 5.36. The van der Waals surface area contributed by atoms with Gasteiger partial charge in [-0.3, -0.25) is 0 Å². The van der Waals surface area contributed by atoms with Crippen LogP contribution in [0.1, 0.15) is 18.5 Å². The fourth-order valence-corrected chi connectivity index (χ4v) is 3.50. The number of benzene rings is 2. The SMILES string of the molecule is C[C@@H](n1nnn(-c2ccc(OC(F)(F)F)cc2)c1=O)[C@](O)(Cn1cncn1)c1ccc(F)cc1F. The molecule has 10 nitrogen and oxygen atoms in total. The number of aliphatic hydroxyl groups is 1. The van der Waals surface area contributed by atoms with E-state index in [1.807, 2.05) is 0 Å². The molecule has 35 heavy (non-hydrogen) atoms. The van der Waals surface area contributed by atoms with Crippen molar-refractivity contribution in [3.8, 4) is 11.4 Å². The van der Waals surface area contributed by atoms with Crippen molar-refractivity contribution >= 4 is 0 Å². The molecule has 0 spiro atoms. The predicted molar refractivity (Wildman–Crippen MR) is 107 cm³/mol. The molecule has 2 aromatic carbocycles. The molecular formula is C20H16F5N7O3. The summed E-state index contributed by atoms with van der Waals surface area (Å²) >= 11 is 0. The minimum absolute atomic E-state index is 0.0516. The van der Waals surface area contributed by atoms with Crippen molar-refractivity contribution in [1.82, 2.24) is 34.6 Å². The maximum absolute atomic E-state index is 14.7. The van der Waals surface area contributed by atoms with Crippen LogP contribution in [0.5, 0.6) is 5.75 Å². The summed E-state index contributed by atoms with van der Waals surface area (Å²) in [6.07, 6.45) is -2.45. The molecular weight excluding hydrogens is 481 g/mol. The maximum atomic E-state index is 14.7. The summed E-state index contributed by atoms with van der Waals surface area (Å²) in [7, 11) is 0. The summed E-state index contributed by atoms with van der Waals surface area (Å²) in [5, 5.41) is 22.9. The van der Waals surface area contributed by atoms with Crippen LogP contribution in [0.15, 0.2) is 59.9 Å². The van der Waals surface area contributed by atoms with Crippen molar-refractivity contribution in [2.75, 3.05) is 0 Å². The number of nitrogens with zero attached hydrogens (tertiary/aromatic N) is 7. The Morgan fingerprint density at radius 3 is 2.40 bits per heavy atom. The zero-order valence-corrected chi connectivity index (χ0v) is 17.8. The number of aromatic nitrogens is 7. The van der Waals surface area contributed by atoms with Crippen LogP contribution in [0.2, 0.25) is 0 Å². The van der Waals surface area contributed by atoms with Crippen LogP contribution in [-0.4, -0.2) is 46.0 Å². The van der Waals surface area contributed by atoms with E-state index in [1.165, 1.54) is 24.3 Å². The first-order valence-corrected chi connectivity index (χ1v) is 9.89. The highest BCUT2D eigenvalue weighted by Crippen LogP contribution is 2.35. The van der Waals surface area contributed by atoms with Gasteiger partial charge in [0.05, 0.1) is 18.3 Å². The third kappa shape index (κ3) is 4.89. The molecule has 2 aromatic heterocycles. The lowest BCUT2D eigenvalue weighted by atomic mass is 9.86. The van der Waals surface area contributed by atoms with Crippen molar-refractivity contribution in [3.05, 3.63) is 82.8 Å². The molecule has 0 saturated heterocycles. The first-order chi connectivity index (χ1) is 16.5. The Labute approximate surface area is 192 Å². The summed E-state index contributed by atoms with van der Waals surface area (Å²) < 4.78 is 71.9. The third-order valence-corrected chi connectivity index (χ3v) is 5.24. The van der Waals surface area contributed by atoms with Crippen LogP contribution >= 0.6 is 0 Å². The first kappa shape index (κ1) is 24.0. The van der Waals surface area contributed by atoms with E-state index in [-0.39, 0.29) is 17.8 Å². The quantitative estimate of drug-likeness (QED) is 0.390. The van der Waals surface area contributed by atoms with E-state index >= 15 is 0 Å². The number of halogens is 5. The summed E-state index contributed by atoms with van der Waals surface area (Å²) in [6, 6.07) is 5.54. The second-order valence-corrected chi connectivity index (χ2v) is 7.48. The van der Waals surface area contributed by atoms with Gasteiger partial charge in [0, 0.05) is 11.6 Å². The second kappa shape index (κ2) is 8.90. The van der Waals surface area contributed by atoms with Gasteiger partial charge in [-0.1, -0.05) is 6.07 Å². The zero-order chi connectivity index (χ0) is 25.4. The van der Waals surface area contributed by atoms with E-state index in [0.717, 1.165) is 45.8 Å². The molecule has 2 atom stereocenters. The van der Waals surface area contributed by atoms with E-state index in [9.17, 15) is 31.9 Å². The number of rotatable bonds is 7. The summed E-state index contributed by atoms with van der Waals surface area (Å²) in [4.78, 5) is 16.8. The largest absolute Gasteiger partial charge is 0.573 e. The van der Waals surface area contributed by atoms with E-state index in [1.54, 1.807) is 0 Å². The van der Waals surface area contributed by atoms with Crippen molar-refractivity contribution in [2.24, 2.45) is 0 Å². The van der Waals surface area contributed by atoms with Gasteiger partial charge in [0.2, 0.25) is 0 Å². The maximum Gasteiger partial charge on any atom is 0.573 e. The Bertz CT molecular complexity index is 1370. The Kier molecular flexibility index (Phi) is 6.10. The number of alkyl halides is 3. The summed E-state index contributed by atoms with van der Waals surface area (Å²) in [5.74, 6) is -2.45. The molecule has 4 rings (SSSR count). The minimum Gasteiger partial charge on any atom is -0.406 e. The van der Waals surface area contributed by atoms with Crippen LogP contribution < -0.4 is 10.4 Å². The van der Waals surface area contributed by atoms with Crippen molar-refractivity contribution in [1.29, 1.82) is 0 Å². The first-order valence-electron chi connectivity index (χ1n) is 9.89.